The van der Waals surface area contributed by atoms with E-state index < -0.39 is 17.5 Å². The molecule has 3 aromatic rings. The van der Waals surface area contributed by atoms with E-state index in [-0.39, 0.29) is 36.3 Å². The summed E-state index contributed by atoms with van der Waals surface area (Å²) in [4.78, 5) is 25.5. The molecule has 0 aliphatic rings. The third-order valence-corrected chi connectivity index (χ3v) is 5.33. The van der Waals surface area contributed by atoms with Gasteiger partial charge in [-0.15, -0.1) is 11.3 Å². The van der Waals surface area contributed by atoms with Crippen LogP contribution in [-0.2, 0) is 17.8 Å². The van der Waals surface area contributed by atoms with E-state index in [2.05, 4.69) is 9.84 Å². The fourth-order valence-corrected chi connectivity index (χ4v) is 3.72. The van der Waals surface area contributed by atoms with Gasteiger partial charge < -0.3 is 10.5 Å². The van der Waals surface area contributed by atoms with E-state index >= 15 is 0 Å². The standard InChI is InChI=1S/C19H18F2N4O3S/c1-28-18(26)15-4-2-3-14(17(15)21)16-6-5-13(29-16)10-24-11-23-25(19(24)27)9-12(7-20)8-22/h2-7,11H,8-10,22H2,1H3/b12-7+. The van der Waals surface area contributed by atoms with Crippen LogP contribution < -0.4 is 11.4 Å². The molecule has 0 spiro atoms. The first-order chi connectivity index (χ1) is 14.0. The highest BCUT2D eigenvalue weighted by Crippen LogP contribution is 2.31. The zero-order chi connectivity index (χ0) is 21.0. The van der Waals surface area contributed by atoms with Crippen molar-refractivity contribution in [3.63, 3.8) is 0 Å². The second kappa shape index (κ2) is 8.93. The summed E-state index contributed by atoms with van der Waals surface area (Å²) in [5.74, 6) is -1.41. The molecule has 0 fully saturated rings. The van der Waals surface area contributed by atoms with Gasteiger partial charge >= 0.3 is 11.7 Å². The molecule has 7 nitrogen and oxygen atoms in total. The normalized spacial score (nSPS) is 11.7. The number of esters is 1. The maximum absolute atomic E-state index is 14.7. The smallest absolute Gasteiger partial charge is 0.346 e. The van der Waals surface area contributed by atoms with Gasteiger partial charge in [0.05, 0.1) is 32.1 Å². The predicted octanol–water partition coefficient (Wildman–Crippen LogP) is 2.56. The summed E-state index contributed by atoms with van der Waals surface area (Å²) >= 11 is 1.28. The van der Waals surface area contributed by atoms with Crippen LogP contribution in [0.25, 0.3) is 10.4 Å². The van der Waals surface area contributed by atoms with Crippen molar-refractivity contribution in [1.29, 1.82) is 0 Å². The maximum Gasteiger partial charge on any atom is 0.346 e. The van der Waals surface area contributed by atoms with Crippen molar-refractivity contribution >= 4 is 17.3 Å². The van der Waals surface area contributed by atoms with Crippen molar-refractivity contribution < 1.29 is 18.3 Å². The Hall–Kier alpha value is -3.11. The van der Waals surface area contributed by atoms with E-state index in [1.807, 2.05) is 0 Å². The van der Waals surface area contributed by atoms with Gasteiger partial charge in [-0.05, 0) is 23.8 Å². The Morgan fingerprint density at radius 2 is 2.14 bits per heavy atom. The fraction of sp³-hybridized carbons (Fsp3) is 0.211. The molecule has 0 aliphatic heterocycles. The molecular formula is C19H18F2N4O3S. The Labute approximate surface area is 168 Å². The first kappa shape index (κ1) is 20.6. The lowest BCUT2D eigenvalue weighted by Gasteiger charge is -2.05. The Kier molecular flexibility index (Phi) is 6.35. The van der Waals surface area contributed by atoms with Crippen LogP contribution in [-0.4, -0.2) is 34.0 Å². The van der Waals surface area contributed by atoms with E-state index in [0.29, 0.717) is 11.2 Å². The van der Waals surface area contributed by atoms with Gasteiger partial charge in [0.1, 0.15) is 12.1 Å². The van der Waals surface area contributed by atoms with Gasteiger partial charge in [-0.3, -0.25) is 4.57 Å². The number of nitrogens with zero attached hydrogens (tertiary/aromatic N) is 3. The lowest BCUT2D eigenvalue weighted by Crippen LogP contribution is -2.26. The summed E-state index contributed by atoms with van der Waals surface area (Å²) in [5.41, 5.74) is 5.37. The Morgan fingerprint density at radius 3 is 2.83 bits per heavy atom. The average Bonchev–Trinajstić information content (AvgIpc) is 3.33. The molecule has 0 bridgehead atoms. The van der Waals surface area contributed by atoms with Crippen LogP contribution in [0, 0.1) is 5.82 Å². The topological polar surface area (TPSA) is 92.1 Å². The quantitative estimate of drug-likeness (QED) is 0.593. The van der Waals surface area contributed by atoms with E-state index in [0.717, 1.165) is 9.56 Å². The Morgan fingerprint density at radius 1 is 1.34 bits per heavy atom. The zero-order valence-electron chi connectivity index (χ0n) is 15.5. The number of thiophene rings is 1. The molecule has 0 saturated heterocycles. The number of benzene rings is 1. The van der Waals surface area contributed by atoms with E-state index in [1.54, 1.807) is 24.3 Å². The molecule has 1 aromatic carbocycles. The van der Waals surface area contributed by atoms with Gasteiger partial charge in [0.25, 0.3) is 0 Å². The molecule has 2 aromatic heterocycles. The molecule has 0 radical (unpaired) electrons. The summed E-state index contributed by atoms with van der Waals surface area (Å²) in [7, 11) is 1.19. The van der Waals surface area contributed by atoms with Crippen molar-refractivity contribution in [2.45, 2.75) is 13.1 Å². The van der Waals surface area contributed by atoms with E-state index in [1.165, 1.54) is 35.4 Å². The molecule has 0 amide bonds. The zero-order valence-corrected chi connectivity index (χ0v) is 16.3. The number of halogens is 2. The third kappa shape index (κ3) is 4.33. The van der Waals surface area contributed by atoms with E-state index in [9.17, 15) is 18.4 Å². The van der Waals surface area contributed by atoms with Crippen LogP contribution in [0.1, 0.15) is 15.2 Å². The summed E-state index contributed by atoms with van der Waals surface area (Å²) in [6.45, 7) is 0.180. The molecule has 3 rings (SSSR count). The van der Waals surface area contributed by atoms with E-state index in [4.69, 9.17) is 5.73 Å². The number of rotatable bonds is 7. The van der Waals surface area contributed by atoms with Gasteiger partial charge in [0, 0.05) is 21.9 Å². The lowest BCUT2D eigenvalue weighted by atomic mass is 10.1. The molecule has 0 atom stereocenters. The summed E-state index contributed by atoms with van der Waals surface area (Å²) in [6, 6.07) is 7.98. The minimum atomic E-state index is -0.751. The highest BCUT2D eigenvalue weighted by atomic mass is 32.1. The van der Waals surface area contributed by atoms with Crippen molar-refractivity contribution in [2.24, 2.45) is 5.73 Å². The molecular weight excluding hydrogens is 402 g/mol. The number of hydrogen-bond donors (Lipinski definition) is 1. The molecule has 0 aliphatic carbocycles. The first-order valence-corrected chi connectivity index (χ1v) is 9.36. The highest BCUT2D eigenvalue weighted by molar-refractivity contribution is 7.15. The predicted molar refractivity (Wildman–Crippen MR) is 105 cm³/mol. The summed E-state index contributed by atoms with van der Waals surface area (Å²) in [6.07, 6.45) is 1.72. The minimum Gasteiger partial charge on any atom is -0.465 e. The summed E-state index contributed by atoms with van der Waals surface area (Å²) in [5, 5.41) is 3.96. The molecule has 10 heteroatoms. The van der Waals surface area contributed by atoms with Crippen LogP contribution in [0.4, 0.5) is 8.78 Å². The van der Waals surface area contributed by atoms with Crippen LogP contribution in [0.5, 0.6) is 0 Å². The summed E-state index contributed by atoms with van der Waals surface area (Å²) < 4.78 is 34.4. The molecule has 29 heavy (non-hydrogen) atoms. The number of hydrogen-bond acceptors (Lipinski definition) is 6. The van der Waals surface area contributed by atoms with Gasteiger partial charge in [-0.1, -0.05) is 12.1 Å². The minimum absolute atomic E-state index is 0.0136. The molecule has 2 N–H and O–H groups in total. The maximum atomic E-state index is 14.7. The van der Waals surface area contributed by atoms with Crippen molar-refractivity contribution in [3.05, 3.63) is 75.3 Å². The second-order valence-corrected chi connectivity index (χ2v) is 7.26. The molecule has 0 saturated carbocycles. The number of methoxy groups -OCH3 is 1. The lowest BCUT2D eigenvalue weighted by molar-refractivity contribution is 0.0595. The number of carbonyl (C=O) groups is 1. The van der Waals surface area contributed by atoms with Gasteiger partial charge in [-0.25, -0.2) is 23.1 Å². The molecule has 0 unspecified atom stereocenters. The number of aromatic nitrogens is 3. The molecule has 2 heterocycles. The number of nitrogens with two attached hydrogens (primary N) is 1. The van der Waals surface area contributed by atoms with Gasteiger partial charge in [0.15, 0.2) is 0 Å². The van der Waals surface area contributed by atoms with Crippen molar-refractivity contribution in [2.75, 3.05) is 13.7 Å². The Bertz CT molecular complexity index is 1120. The number of carbonyl (C=O) groups excluding carboxylic acids is 1. The SMILES string of the molecule is COC(=O)c1cccc(-c2ccc(Cn3cnn(C/C(=C/F)CN)c3=O)s2)c1F. The first-order valence-electron chi connectivity index (χ1n) is 8.54. The van der Waals surface area contributed by atoms with Crippen LogP contribution in [0.2, 0.25) is 0 Å². The van der Waals surface area contributed by atoms with Crippen molar-refractivity contribution in [3.8, 4) is 10.4 Å². The number of ether oxygens (including phenoxy) is 1. The second-order valence-electron chi connectivity index (χ2n) is 6.10. The largest absolute Gasteiger partial charge is 0.465 e. The molecule has 152 valence electrons. The van der Waals surface area contributed by atoms with Crippen LogP contribution >= 0.6 is 11.3 Å². The highest BCUT2D eigenvalue weighted by Gasteiger charge is 2.17. The van der Waals surface area contributed by atoms with Crippen LogP contribution in [0.15, 0.2) is 53.4 Å². The van der Waals surface area contributed by atoms with Crippen molar-refractivity contribution in [1.82, 2.24) is 14.3 Å². The van der Waals surface area contributed by atoms with Crippen LogP contribution in [0.3, 0.4) is 0 Å². The fourth-order valence-electron chi connectivity index (χ4n) is 2.69. The van der Waals surface area contributed by atoms with Gasteiger partial charge in [0.2, 0.25) is 0 Å². The Balaban J connectivity index is 1.83. The van der Waals surface area contributed by atoms with Gasteiger partial charge in [-0.2, -0.15) is 5.10 Å². The average molecular weight is 420 g/mol. The monoisotopic (exact) mass is 420 g/mol. The third-order valence-electron chi connectivity index (χ3n) is 4.22.